The topological polar surface area (TPSA) is 64.2 Å². The second kappa shape index (κ2) is 7.02. The van der Waals surface area contributed by atoms with Gasteiger partial charge in [0.2, 0.25) is 0 Å². The summed E-state index contributed by atoms with van der Waals surface area (Å²) < 4.78 is 7.65. The first-order chi connectivity index (χ1) is 12.3. The van der Waals surface area contributed by atoms with Crippen molar-refractivity contribution in [2.45, 2.75) is 57.9 Å². The van der Waals surface area contributed by atoms with Gasteiger partial charge in [0.05, 0.1) is 0 Å². The molecule has 1 amide bonds. The smallest absolute Gasteiger partial charge is 0.276 e. The number of hydrogen-bond donors (Lipinski definition) is 0. The van der Waals surface area contributed by atoms with E-state index in [1.54, 1.807) is 0 Å². The number of oxazole rings is 1. The van der Waals surface area contributed by atoms with Crippen molar-refractivity contribution in [3.05, 3.63) is 36.1 Å². The molecule has 25 heavy (non-hydrogen) atoms. The number of rotatable bonds is 5. The van der Waals surface area contributed by atoms with Gasteiger partial charge >= 0.3 is 0 Å². The summed E-state index contributed by atoms with van der Waals surface area (Å²) >= 11 is 0. The fourth-order valence-corrected chi connectivity index (χ4v) is 4.01. The van der Waals surface area contributed by atoms with Gasteiger partial charge < -0.3 is 13.9 Å². The van der Waals surface area contributed by atoms with Crippen LogP contribution < -0.4 is 0 Å². The quantitative estimate of drug-likeness (QED) is 0.837. The van der Waals surface area contributed by atoms with E-state index in [4.69, 9.17) is 4.42 Å². The molecular weight excluding hydrogens is 316 g/mol. The first-order valence-electron chi connectivity index (χ1n) is 9.49. The molecule has 0 N–H and O–H groups in total. The number of amides is 1. The molecule has 1 aliphatic carbocycles. The van der Waals surface area contributed by atoms with E-state index in [0.29, 0.717) is 23.8 Å². The monoisotopic (exact) mass is 342 g/mol. The lowest BCUT2D eigenvalue weighted by atomic mass is 9.85. The number of aryl methyl sites for hydroxylation is 1. The molecule has 3 heterocycles. The Kier molecular flexibility index (Phi) is 4.59. The van der Waals surface area contributed by atoms with Gasteiger partial charge in [-0.3, -0.25) is 4.79 Å². The summed E-state index contributed by atoms with van der Waals surface area (Å²) in [6.45, 7) is 4.56. The molecule has 1 aliphatic heterocycles. The highest BCUT2D eigenvalue weighted by molar-refractivity contribution is 5.93. The third-order valence-corrected chi connectivity index (χ3v) is 5.67. The van der Waals surface area contributed by atoms with Crippen LogP contribution in [-0.2, 0) is 13.0 Å². The Balaban J connectivity index is 1.48. The van der Waals surface area contributed by atoms with Gasteiger partial charge in [-0.1, -0.05) is 13.3 Å². The summed E-state index contributed by atoms with van der Waals surface area (Å²) in [6.07, 6.45) is 12.2. The average molecular weight is 342 g/mol. The van der Waals surface area contributed by atoms with Crippen LogP contribution in [0.2, 0.25) is 0 Å². The first-order valence-corrected chi connectivity index (χ1v) is 9.49. The lowest BCUT2D eigenvalue weighted by Crippen LogP contribution is -2.40. The number of hydrogen-bond acceptors (Lipinski definition) is 4. The molecule has 2 aliphatic rings. The van der Waals surface area contributed by atoms with Crippen LogP contribution in [0.25, 0.3) is 0 Å². The van der Waals surface area contributed by atoms with Gasteiger partial charge in [0.1, 0.15) is 11.6 Å². The highest BCUT2D eigenvalue weighted by Gasteiger charge is 2.30. The molecule has 134 valence electrons. The summed E-state index contributed by atoms with van der Waals surface area (Å²) in [6, 6.07) is 0. The molecule has 2 aromatic heterocycles. The van der Waals surface area contributed by atoms with Gasteiger partial charge in [0, 0.05) is 44.4 Å². The maximum atomic E-state index is 12.9. The van der Waals surface area contributed by atoms with Gasteiger partial charge in [0.25, 0.3) is 5.91 Å². The molecule has 0 radical (unpaired) electrons. The third-order valence-electron chi connectivity index (χ3n) is 5.67. The molecular formula is C19H26N4O2. The lowest BCUT2D eigenvalue weighted by molar-refractivity contribution is 0.0695. The van der Waals surface area contributed by atoms with Crippen molar-refractivity contribution in [3.8, 4) is 0 Å². The lowest BCUT2D eigenvalue weighted by Gasteiger charge is -2.33. The Morgan fingerprint density at radius 2 is 2.16 bits per heavy atom. The van der Waals surface area contributed by atoms with Crippen LogP contribution in [-0.4, -0.2) is 38.4 Å². The van der Waals surface area contributed by atoms with Crippen LogP contribution in [0.5, 0.6) is 0 Å². The largest absolute Gasteiger partial charge is 0.448 e. The van der Waals surface area contributed by atoms with Gasteiger partial charge in [-0.2, -0.15) is 0 Å². The van der Waals surface area contributed by atoms with E-state index in [1.165, 1.54) is 25.7 Å². The minimum atomic E-state index is -0.00704. The Labute approximate surface area is 148 Å². The van der Waals surface area contributed by atoms with E-state index in [0.717, 1.165) is 44.2 Å². The second-order valence-corrected chi connectivity index (χ2v) is 7.30. The minimum Gasteiger partial charge on any atom is -0.448 e. The molecule has 4 rings (SSSR count). The highest BCUT2D eigenvalue weighted by atomic mass is 16.3. The molecule has 0 spiro atoms. The average Bonchev–Trinajstić information content (AvgIpc) is 3.26. The van der Waals surface area contributed by atoms with Crippen LogP contribution in [0.1, 0.15) is 67.0 Å². The van der Waals surface area contributed by atoms with Crippen LogP contribution >= 0.6 is 0 Å². The van der Waals surface area contributed by atoms with Gasteiger partial charge in [-0.05, 0) is 31.6 Å². The second-order valence-electron chi connectivity index (χ2n) is 7.30. The zero-order valence-electron chi connectivity index (χ0n) is 14.9. The van der Waals surface area contributed by atoms with Crippen LogP contribution in [0.15, 0.2) is 23.2 Å². The normalized spacial score (nSPS) is 21.3. The number of carbonyl (C=O) groups is 1. The Morgan fingerprint density at radius 3 is 2.92 bits per heavy atom. The number of aromatic nitrogens is 3. The highest BCUT2D eigenvalue weighted by Crippen LogP contribution is 2.31. The Hall–Kier alpha value is -2.11. The maximum absolute atomic E-state index is 12.9. The van der Waals surface area contributed by atoms with Crippen molar-refractivity contribution in [2.24, 2.45) is 5.92 Å². The molecule has 0 bridgehead atoms. The number of nitrogens with zero attached hydrogens (tertiary/aromatic N) is 4. The summed E-state index contributed by atoms with van der Waals surface area (Å²) in [5, 5.41) is 0. The molecule has 1 atom stereocenters. The van der Waals surface area contributed by atoms with Crippen molar-refractivity contribution in [1.82, 2.24) is 19.4 Å². The molecule has 6 heteroatoms. The zero-order chi connectivity index (χ0) is 17.2. The van der Waals surface area contributed by atoms with E-state index in [-0.39, 0.29) is 5.91 Å². The van der Waals surface area contributed by atoms with E-state index in [2.05, 4.69) is 20.7 Å². The summed E-state index contributed by atoms with van der Waals surface area (Å²) in [5.41, 5.74) is 0.473. The van der Waals surface area contributed by atoms with Crippen molar-refractivity contribution < 1.29 is 9.21 Å². The van der Waals surface area contributed by atoms with Crippen LogP contribution in [0.4, 0.5) is 0 Å². The van der Waals surface area contributed by atoms with Crippen molar-refractivity contribution >= 4 is 5.91 Å². The predicted molar refractivity (Wildman–Crippen MR) is 93.3 cm³/mol. The van der Waals surface area contributed by atoms with E-state index in [1.807, 2.05) is 18.0 Å². The number of piperidine rings is 1. The van der Waals surface area contributed by atoms with E-state index in [9.17, 15) is 4.79 Å². The number of carbonyl (C=O) groups excluding carboxylic acids is 1. The summed E-state index contributed by atoms with van der Waals surface area (Å²) in [7, 11) is 0. The Bertz CT molecular complexity index is 731. The SMILES string of the molecule is CCc1ocnc1C(=O)N1CCCC(c2nccn2CC2CCC2)C1. The molecule has 1 unspecified atom stereocenters. The molecule has 0 aromatic carbocycles. The standard InChI is InChI=1S/C19H26N4O2/c1-2-16-17(21-13-25-16)19(24)23-9-4-7-15(12-23)18-20-8-10-22(18)11-14-5-3-6-14/h8,10,13-15H,2-7,9,11-12H2,1H3. The van der Waals surface area contributed by atoms with Crippen molar-refractivity contribution in [1.29, 1.82) is 0 Å². The molecule has 6 nitrogen and oxygen atoms in total. The molecule has 2 aromatic rings. The number of likely N-dealkylation sites (tertiary alicyclic amines) is 1. The van der Waals surface area contributed by atoms with Crippen molar-refractivity contribution in [3.63, 3.8) is 0 Å². The minimum absolute atomic E-state index is 0.00704. The fraction of sp³-hybridized carbons (Fsp3) is 0.632. The molecule has 2 fully saturated rings. The van der Waals surface area contributed by atoms with Gasteiger partial charge in [-0.25, -0.2) is 9.97 Å². The summed E-state index contributed by atoms with van der Waals surface area (Å²) in [5.74, 6) is 2.92. The van der Waals surface area contributed by atoms with Crippen molar-refractivity contribution in [2.75, 3.05) is 13.1 Å². The van der Waals surface area contributed by atoms with Crippen LogP contribution in [0.3, 0.4) is 0 Å². The molecule has 1 saturated heterocycles. The fourth-order valence-electron chi connectivity index (χ4n) is 4.01. The third kappa shape index (κ3) is 3.22. The maximum Gasteiger partial charge on any atom is 0.276 e. The first kappa shape index (κ1) is 16.4. The van der Waals surface area contributed by atoms with Gasteiger partial charge in [0.15, 0.2) is 12.1 Å². The summed E-state index contributed by atoms with van der Waals surface area (Å²) in [4.78, 5) is 23.6. The predicted octanol–water partition coefficient (Wildman–Crippen LogP) is 3.25. The van der Waals surface area contributed by atoms with E-state index < -0.39 is 0 Å². The Morgan fingerprint density at radius 1 is 1.28 bits per heavy atom. The molecule has 1 saturated carbocycles. The number of imidazole rings is 1. The van der Waals surface area contributed by atoms with Gasteiger partial charge in [-0.15, -0.1) is 0 Å². The zero-order valence-corrected chi connectivity index (χ0v) is 14.9. The van der Waals surface area contributed by atoms with Crippen LogP contribution in [0, 0.1) is 5.92 Å². The van der Waals surface area contributed by atoms with E-state index >= 15 is 0 Å².